The van der Waals surface area contributed by atoms with Crippen molar-refractivity contribution < 1.29 is 49.0 Å². The molecule has 0 aliphatic carbocycles. The summed E-state index contributed by atoms with van der Waals surface area (Å²) in [6, 6.07) is 9.65. The molecule has 0 saturated carbocycles. The molecule has 2 aromatic carbocycles. The molecule has 0 amide bonds. The summed E-state index contributed by atoms with van der Waals surface area (Å²) in [4.78, 5) is 7.72. The van der Waals surface area contributed by atoms with Crippen molar-refractivity contribution >= 4 is 9.84 Å². The number of halogens is 6. The van der Waals surface area contributed by atoms with Crippen LogP contribution in [0, 0.1) is 12.7 Å². The second-order valence-electron chi connectivity index (χ2n) is 9.41. The van der Waals surface area contributed by atoms with Crippen LogP contribution in [0.5, 0.6) is 5.88 Å². The zero-order chi connectivity index (χ0) is 32.0. The standard InChI is InChI=1S/C28H20F6N4O5S/c1-14-36-25(16-4-6-24(35-12-16)43-27(30)31)26(42-14)18-9-15(3-5-21(18)38-8-7-23(37-38)28(32,33)34)17-10-20(29)19(13-39)22(11-17)44(2,40)41/h3-12,27,39H,13H2,1-2H3. The first-order valence-corrected chi connectivity index (χ1v) is 14.3. The lowest BCUT2D eigenvalue weighted by Gasteiger charge is -2.14. The van der Waals surface area contributed by atoms with Crippen LogP contribution in [0.3, 0.4) is 0 Å². The van der Waals surface area contributed by atoms with Gasteiger partial charge in [0.1, 0.15) is 11.5 Å². The molecule has 0 fully saturated rings. The van der Waals surface area contributed by atoms with Crippen LogP contribution in [0.4, 0.5) is 26.3 Å². The minimum absolute atomic E-state index is 0.00326. The summed E-state index contributed by atoms with van der Waals surface area (Å²) in [5.41, 5.74) is -0.749. The number of alkyl halides is 5. The summed E-state index contributed by atoms with van der Waals surface area (Å²) in [5.74, 6) is -1.25. The Morgan fingerprint density at radius 2 is 1.77 bits per heavy atom. The fourth-order valence-electron chi connectivity index (χ4n) is 4.46. The van der Waals surface area contributed by atoms with E-state index in [4.69, 9.17) is 4.42 Å². The van der Waals surface area contributed by atoms with Crippen LogP contribution in [-0.4, -0.2) is 46.1 Å². The van der Waals surface area contributed by atoms with E-state index in [1.807, 2.05) is 0 Å². The Kier molecular flexibility index (Phi) is 7.98. The number of sulfone groups is 1. The molecule has 0 aliphatic heterocycles. The highest BCUT2D eigenvalue weighted by Crippen LogP contribution is 2.40. The van der Waals surface area contributed by atoms with Gasteiger partial charge in [-0.2, -0.15) is 27.1 Å². The van der Waals surface area contributed by atoms with Gasteiger partial charge in [-0.3, -0.25) is 0 Å². The summed E-state index contributed by atoms with van der Waals surface area (Å²) >= 11 is 0. The number of hydrogen-bond acceptors (Lipinski definition) is 8. The van der Waals surface area contributed by atoms with Gasteiger partial charge in [0.15, 0.2) is 27.2 Å². The maximum absolute atomic E-state index is 15.0. The monoisotopic (exact) mass is 638 g/mol. The molecule has 9 nitrogen and oxygen atoms in total. The third kappa shape index (κ3) is 6.16. The quantitative estimate of drug-likeness (QED) is 0.199. The van der Waals surface area contributed by atoms with E-state index in [-0.39, 0.29) is 51.2 Å². The predicted octanol–water partition coefficient (Wildman–Crippen LogP) is 6.22. The topological polar surface area (TPSA) is 120 Å². The predicted molar refractivity (Wildman–Crippen MR) is 143 cm³/mol. The molecule has 1 N–H and O–H groups in total. The van der Waals surface area contributed by atoms with Crippen molar-refractivity contribution in [3.8, 4) is 45.3 Å². The number of hydrogen-bond donors (Lipinski definition) is 1. The van der Waals surface area contributed by atoms with Gasteiger partial charge in [0.25, 0.3) is 0 Å². The van der Waals surface area contributed by atoms with Gasteiger partial charge in [-0.15, -0.1) is 0 Å². The van der Waals surface area contributed by atoms with Gasteiger partial charge < -0.3 is 14.3 Å². The molecule has 3 heterocycles. The first-order valence-electron chi connectivity index (χ1n) is 12.5. The van der Waals surface area contributed by atoms with Crippen molar-refractivity contribution in [2.24, 2.45) is 0 Å². The molecule has 0 radical (unpaired) electrons. The number of nitrogens with zero attached hydrogens (tertiary/aromatic N) is 4. The molecule has 44 heavy (non-hydrogen) atoms. The van der Waals surface area contributed by atoms with Crippen molar-refractivity contribution in [2.75, 3.05) is 6.26 Å². The molecule has 230 valence electrons. The van der Waals surface area contributed by atoms with E-state index in [1.165, 1.54) is 37.4 Å². The van der Waals surface area contributed by atoms with Gasteiger partial charge in [0.2, 0.25) is 5.88 Å². The summed E-state index contributed by atoms with van der Waals surface area (Å²) in [6.45, 7) is -2.50. The van der Waals surface area contributed by atoms with Crippen LogP contribution in [0.15, 0.2) is 70.2 Å². The number of rotatable bonds is 8. The van der Waals surface area contributed by atoms with Crippen LogP contribution in [0.25, 0.3) is 39.4 Å². The fourth-order valence-corrected chi connectivity index (χ4v) is 5.41. The Balaban J connectivity index is 1.74. The first-order chi connectivity index (χ1) is 20.7. The number of aromatic nitrogens is 4. The number of aryl methyl sites for hydroxylation is 1. The highest BCUT2D eigenvalue weighted by atomic mass is 32.2. The molecule has 0 atom stereocenters. The Morgan fingerprint density at radius 3 is 2.36 bits per heavy atom. The van der Waals surface area contributed by atoms with Crippen molar-refractivity contribution in [2.45, 2.75) is 31.2 Å². The minimum atomic E-state index is -4.75. The first kappa shape index (κ1) is 30.7. The maximum Gasteiger partial charge on any atom is 0.435 e. The van der Waals surface area contributed by atoms with Crippen molar-refractivity contribution in [1.29, 1.82) is 0 Å². The number of aliphatic hydroxyl groups is 1. The summed E-state index contributed by atoms with van der Waals surface area (Å²) in [6.07, 6.45) is -1.65. The number of ether oxygens (including phenoxy) is 1. The molecule has 5 aromatic rings. The molecular weight excluding hydrogens is 618 g/mol. The zero-order valence-corrected chi connectivity index (χ0v) is 23.4. The Labute approximate surface area is 245 Å². The largest absolute Gasteiger partial charge is 0.440 e. The van der Waals surface area contributed by atoms with Gasteiger partial charge in [0, 0.05) is 48.3 Å². The lowest BCUT2D eigenvalue weighted by atomic mass is 9.97. The third-order valence-electron chi connectivity index (χ3n) is 6.37. The Morgan fingerprint density at radius 1 is 1.05 bits per heavy atom. The van der Waals surface area contributed by atoms with E-state index < -0.39 is 51.2 Å². The highest BCUT2D eigenvalue weighted by molar-refractivity contribution is 7.90. The summed E-state index contributed by atoms with van der Waals surface area (Å²) in [7, 11) is -3.99. The average Bonchev–Trinajstić information content (AvgIpc) is 3.59. The molecule has 0 aliphatic rings. The molecular formula is C28H20F6N4O5S. The van der Waals surface area contributed by atoms with Gasteiger partial charge in [-0.1, -0.05) is 6.07 Å². The maximum atomic E-state index is 15.0. The Bertz CT molecular complexity index is 1950. The molecule has 16 heteroatoms. The summed E-state index contributed by atoms with van der Waals surface area (Å²) in [5, 5.41) is 13.2. The highest BCUT2D eigenvalue weighted by Gasteiger charge is 2.34. The average molecular weight is 639 g/mol. The fraction of sp³-hybridized carbons (Fsp3) is 0.179. The lowest BCUT2D eigenvalue weighted by molar-refractivity contribution is -0.141. The van der Waals surface area contributed by atoms with E-state index in [0.29, 0.717) is 0 Å². The van der Waals surface area contributed by atoms with E-state index in [0.717, 1.165) is 41.4 Å². The molecule has 0 bridgehead atoms. The number of oxazole rings is 1. The van der Waals surface area contributed by atoms with Crippen LogP contribution in [0.1, 0.15) is 17.1 Å². The molecule has 0 spiro atoms. The normalized spacial score (nSPS) is 12.2. The van der Waals surface area contributed by atoms with Crippen molar-refractivity contribution in [3.63, 3.8) is 0 Å². The van der Waals surface area contributed by atoms with Gasteiger partial charge in [0.05, 0.1) is 17.2 Å². The smallest absolute Gasteiger partial charge is 0.435 e. The van der Waals surface area contributed by atoms with E-state index in [1.54, 1.807) is 0 Å². The van der Waals surface area contributed by atoms with Crippen LogP contribution in [0.2, 0.25) is 0 Å². The van der Waals surface area contributed by atoms with Crippen molar-refractivity contribution in [1.82, 2.24) is 19.7 Å². The zero-order valence-electron chi connectivity index (χ0n) is 22.6. The second kappa shape index (κ2) is 11.4. The van der Waals surface area contributed by atoms with Crippen LogP contribution in [-0.2, 0) is 22.6 Å². The molecule has 5 rings (SSSR count). The second-order valence-corrected chi connectivity index (χ2v) is 11.4. The molecule has 0 unspecified atom stereocenters. The minimum Gasteiger partial charge on any atom is -0.440 e. The van der Waals surface area contributed by atoms with E-state index >= 15 is 0 Å². The van der Waals surface area contributed by atoms with E-state index in [9.17, 15) is 39.9 Å². The van der Waals surface area contributed by atoms with Gasteiger partial charge in [-0.05, 0) is 47.5 Å². The molecule has 3 aromatic heterocycles. The van der Waals surface area contributed by atoms with Gasteiger partial charge in [-0.25, -0.2) is 27.5 Å². The van der Waals surface area contributed by atoms with Crippen molar-refractivity contribution in [3.05, 3.63) is 83.9 Å². The third-order valence-corrected chi connectivity index (χ3v) is 7.53. The van der Waals surface area contributed by atoms with Gasteiger partial charge >= 0.3 is 12.8 Å². The number of benzene rings is 2. The molecule has 0 saturated heterocycles. The van der Waals surface area contributed by atoms with Crippen LogP contribution < -0.4 is 4.74 Å². The Hall–Kier alpha value is -4.70. The summed E-state index contributed by atoms with van der Waals surface area (Å²) < 4.78 is 116. The number of pyridine rings is 1. The lowest BCUT2D eigenvalue weighted by Crippen LogP contribution is -2.08. The van der Waals surface area contributed by atoms with Crippen LogP contribution >= 0.6 is 0 Å². The SMILES string of the molecule is Cc1nc(-c2ccc(OC(F)F)nc2)c(-c2cc(-c3cc(F)c(CO)c(S(C)(=O)=O)c3)ccc2-n2ccc(C(F)(F)F)n2)o1. The number of aliphatic hydroxyl groups excluding tert-OH is 1. The van der Waals surface area contributed by atoms with E-state index in [2.05, 4.69) is 19.8 Å².